The predicted molar refractivity (Wildman–Crippen MR) is 88.3 cm³/mol. The number of hydrogen-bond acceptors (Lipinski definition) is 5. The van der Waals surface area contributed by atoms with E-state index < -0.39 is 9.84 Å². The Morgan fingerprint density at radius 2 is 2.13 bits per heavy atom. The largest absolute Gasteiger partial charge is 0.373 e. The lowest BCUT2D eigenvalue weighted by atomic mass is 10.2. The van der Waals surface area contributed by atoms with Crippen LogP contribution < -0.4 is 4.90 Å². The van der Waals surface area contributed by atoms with Gasteiger partial charge in [-0.05, 0) is 18.2 Å². The van der Waals surface area contributed by atoms with Gasteiger partial charge in [-0.1, -0.05) is 19.1 Å². The first kappa shape index (κ1) is 16.0. The molecular formula is C16H21N3O3S. The lowest BCUT2D eigenvalue weighted by Crippen LogP contribution is -2.44. The highest BCUT2D eigenvalue weighted by Crippen LogP contribution is 2.27. The highest BCUT2D eigenvalue weighted by Gasteiger charge is 2.25. The van der Waals surface area contributed by atoms with E-state index in [1.165, 1.54) is 0 Å². The normalized spacial score (nSPS) is 19.0. The molecule has 0 unspecified atom stereocenters. The fourth-order valence-electron chi connectivity index (χ4n) is 2.80. The van der Waals surface area contributed by atoms with Gasteiger partial charge in [0.15, 0.2) is 9.84 Å². The Hall–Kier alpha value is -1.86. The van der Waals surface area contributed by atoms with Crippen molar-refractivity contribution in [1.82, 2.24) is 9.78 Å². The van der Waals surface area contributed by atoms with Gasteiger partial charge in [0, 0.05) is 25.5 Å². The Morgan fingerprint density at radius 1 is 1.30 bits per heavy atom. The number of hydrogen-bond donors (Lipinski definition) is 0. The minimum Gasteiger partial charge on any atom is -0.373 e. The van der Waals surface area contributed by atoms with Gasteiger partial charge >= 0.3 is 0 Å². The number of nitrogens with zero attached hydrogens (tertiary/aromatic N) is 3. The fraction of sp³-hybridized carbons (Fsp3) is 0.438. The molecule has 1 aliphatic rings. The van der Waals surface area contributed by atoms with Gasteiger partial charge in [0.05, 0.1) is 35.6 Å². The summed E-state index contributed by atoms with van der Waals surface area (Å²) in [6.07, 6.45) is 3.63. The molecule has 0 amide bonds. The van der Waals surface area contributed by atoms with Gasteiger partial charge in [-0.3, -0.25) is 4.68 Å². The summed E-state index contributed by atoms with van der Waals surface area (Å²) in [6.45, 7) is 4.24. The van der Waals surface area contributed by atoms with Crippen LogP contribution in [0, 0.1) is 0 Å². The molecule has 1 atom stereocenters. The van der Waals surface area contributed by atoms with Crippen LogP contribution in [0.3, 0.4) is 0 Å². The molecule has 0 spiro atoms. The summed E-state index contributed by atoms with van der Waals surface area (Å²) in [7, 11) is -3.25. The molecule has 0 N–H and O–H groups in total. The fourth-order valence-corrected chi connectivity index (χ4v) is 3.92. The zero-order chi connectivity index (χ0) is 16.3. The van der Waals surface area contributed by atoms with Crippen LogP contribution in [0.25, 0.3) is 0 Å². The standard InChI is InChI=1S/C16H21N3O3S/c1-2-23(20,21)16-7-4-3-6-15(16)18-10-11-22-14(12-18)13-19-9-5-8-17-19/h3-9,14H,2,10-13H2,1H3/t14-/m0/s1. The average Bonchev–Trinajstić information content (AvgIpc) is 3.08. The molecule has 0 bridgehead atoms. The lowest BCUT2D eigenvalue weighted by Gasteiger charge is -2.35. The van der Waals surface area contributed by atoms with Crippen molar-refractivity contribution in [3.05, 3.63) is 42.7 Å². The van der Waals surface area contributed by atoms with Crippen molar-refractivity contribution in [1.29, 1.82) is 0 Å². The number of para-hydroxylation sites is 1. The molecule has 2 heterocycles. The summed E-state index contributed by atoms with van der Waals surface area (Å²) in [5.74, 6) is 0.102. The summed E-state index contributed by atoms with van der Waals surface area (Å²) >= 11 is 0. The molecule has 0 aliphatic carbocycles. The number of ether oxygens (including phenoxy) is 1. The smallest absolute Gasteiger partial charge is 0.180 e. The Balaban J connectivity index is 1.82. The van der Waals surface area contributed by atoms with Crippen LogP contribution in [0.4, 0.5) is 5.69 Å². The predicted octanol–water partition coefficient (Wildman–Crippen LogP) is 1.58. The molecule has 0 radical (unpaired) electrons. The number of sulfone groups is 1. The first-order chi connectivity index (χ1) is 11.1. The van der Waals surface area contributed by atoms with Gasteiger partial charge in [0.25, 0.3) is 0 Å². The minimum atomic E-state index is -3.25. The van der Waals surface area contributed by atoms with E-state index in [0.29, 0.717) is 31.1 Å². The van der Waals surface area contributed by atoms with E-state index in [9.17, 15) is 8.42 Å². The second kappa shape index (κ2) is 6.72. The van der Waals surface area contributed by atoms with Crippen molar-refractivity contribution >= 4 is 15.5 Å². The van der Waals surface area contributed by atoms with Crippen LogP contribution in [0.5, 0.6) is 0 Å². The molecule has 1 fully saturated rings. The molecule has 6 nitrogen and oxygen atoms in total. The van der Waals surface area contributed by atoms with E-state index in [0.717, 1.165) is 5.69 Å². The minimum absolute atomic E-state index is 0.0129. The van der Waals surface area contributed by atoms with Crippen LogP contribution in [0.15, 0.2) is 47.6 Å². The summed E-state index contributed by atoms with van der Waals surface area (Å²) in [5, 5.41) is 4.20. The van der Waals surface area contributed by atoms with Crippen molar-refractivity contribution in [3.63, 3.8) is 0 Å². The topological polar surface area (TPSA) is 64.4 Å². The van der Waals surface area contributed by atoms with Gasteiger partial charge in [0.1, 0.15) is 0 Å². The Bertz CT molecular complexity index is 744. The number of morpholine rings is 1. The molecule has 2 aromatic rings. The first-order valence-corrected chi connectivity index (χ1v) is 9.41. The van der Waals surface area contributed by atoms with Crippen LogP contribution in [0.2, 0.25) is 0 Å². The second-order valence-electron chi connectivity index (χ2n) is 5.54. The van der Waals surface area contributed by atoms with Gasteiger partial charge in [0.2, 0.25) is 0 Å². The molecule has 1 aromatic carbocycles. The zero-order valence-electron chi connectivity index (χ0n) is 13.1. The van der Waals surface area contributed by atoms with Crippen LogP contribution in [-0.4, -0.2) is 49.8 Å². The molecular weight excluding hydrogens is 314 g/mol. The van der Waals surface area contributed by atoms with E-state index in [1.54, 1.807) is 25.3 Å². The van der Waals surface area contributed by atoms with E-state index >= 15 is 0 Å². The summed E-state index contributed by atoms with van der Waals surface area (Å²) in [6, 6.07) is 9.09. The van der Waals surface area contributed by atoms with E-state index in [4.69, 9.17) is 4.74 Å². The van der Waals surface area contributed by atoms with Crippen molar-refractivity contribution in [2.75, 3.05) is 30.3 Å². The summed E-state index contributed by atoms with van der Waals surface area (Å²) < 4.78 is 32.3. The highest BCUT2D eigenvalue weighted by molar-refractivity contribution is 7.91. The SMILES string of the molecule is CCS(=O)(=O)c1ccccc1N1CCO[C@H](Cn2cccn2)C1. The van der Waals surface area contributed by atoms with Crippen molar-refractivity contribution in [2.24, 2.45) is 0 Å². The van der Waals surface area contributed by atoms with Gasteiger partial charge < -0.3 is 9.64 Å². The Kier molecular flexibility index (Phi) is 4.68. The quantitative estimate of drug-likeness (QED) is 0.830. The zero-order valence-corrected chi connectivity index (χ0v) is 13.9. The molecule has 23 heavy (non-hydrogen) atoms. The van der Waals surface area contributed by atoms with Gasteiger partial charge in [-0.2, -0.15) is 5.10 Å². The molecule has 1 aliphatic heterocycles. The summed E-state index contributed by atoms with van der Waals surface area (Å²) in [5.41, 5.74) is 0.767. The number of anilines is 1. The Labute approximate surface area is 136 Å². The van der Waals surface area contributed by atoms with Crippen molar-refractivity contribution in [3.8, 4) is 0 Å². The van der Waals surface area contributed by atoms with E-state index in [-0.39, 0.29) is 11.9 Å². The third kappa shape index (κ3) is 3.56. The van der Waals surface area contributed by atoms with Gasteiger partial charge in [-0.15, -0.1) is 0 Å². The second-order valence-corrected chi connectivity index (χ2v) is 7.78. The van der Waals surface area contributed by atoms with Crippen molar-refractivity contribution in [2.45, 2.75) is 24.5 Å². The third-order valence-corrected chi connectivity index (χ3v) is 5.79. The summed E-state index contributed by atoms with van der Waals surface area (Å²) in [4.78, 5) is 2.50. The van der Waals surface area contributed by atoms with Crippen molar-refractivity contribution < 1.29 is 13.2 Å². The maximum absolute atomic E-state index is 12.3. The molecule has 124 valence electrons. The number of benzene rings is 1. The molecule has 7 heteroatoms. The Morgan fingerprint density at radius 3 is 2.87 bits per heavy atom. The highest BCUT2D eigenvalue weighted by atomic mass is 32.2. The van der Waals surface area contributed by atoms with Gasteiger partial charge in [-0.25, -0.2) is 8.42 Å². The number of aromatic nitrogens is 2. The third-order valence-electron chi connectivity index (χ3n) is 4.01. The number of rotatable bonds is 5. The maximum atomic E-state index is 12.3. The first-order valence-electron chi connectivity index (χ1n) is 7.76. The average molecular weight is 335 g/mol. The van der Waals surface area contributed by atoms with Crippen LogP contribution in [0.1, 0.15) is 6.92 Å². The van der Waals surface area contributed by atoms with E-state index in [2.05, 4.69) is 10.00 Å². The molecule has 3 rings (SSSR count). The molecule has 1 saturated heterocycles. The van der Waals surface area contributed by atoms with E-state index in [1.807, 2.05) is 29.1 Å². The lowest BCUT2D eigenvalue weighted by molar-refractivity contribution is 0.0273. The van der Waals surface area contributed by atoms with Crippen LogP contribution in [-0.2, 0) is 21.1 Å². The monoisotopic (exact) mass is 335 g/mol. The maximum Gasteiger partial charge on any atom is 0.180 e. The molecule has 0 saturated carbocycles. The molecule has 1 aromatic heterocycles. The van der Waals surface area contributed by atoms with Crippen LogP contribution >= 0.6 is 0 Å².